The maximum atomic E-state index is 13.5. The minimum atomic E-state index is -0.199. The van der Waals surface area contributed by atoms with Gasteiger partial charge in [0.2, 0.25) is 0 Å². The van der Waals surface area contributed by atoms with E-state index in [9.17, 15) is 4.39 Å². The van der Waals surface area contributed by atoms with Gasteiger partial charge in [-0.1, -0.05) is 25.0 Å². The summed E-state index contributed by atoms with van der Waals surface area (Å²) in [5.74, 6) is 1.26. The summed E-state index contributed by atoms with van der Waals surface area (Å²) in [5.41, 5.74) is 1.41. The van der Waals surface area contributed by atoms with Crippen LogP contribution in [0, 0.1) is 17.2 Å². The maximum absolute atomic E-state index is 13.5. The van der Waals surface area contributed by atoms with Crippen LogP contribution < -0.4 is 10.6 Å². The predicted molar refractivity (Wildman–Crippen MR) is 134 cm³/mol. The van der Waals surface area contributed by atoms with E-state index < -0.39 is 0 Å². The highest BCUT2D eigenvalue weighted by Crippen LogP contribution is 2.60. The number of aliphatic imine (C=N–C) groups is 1. The van der Waals surface area contributed by atoms with Crippen LogP contribution in [-0.2, 0) is 9.47 Å². The van der Waals surface area contributed by atoms with E-state index >= 15 is 0 Å². The number of hydrogen-bond donors (Lipinski definition) is 2. The summed E-state index contributed by atoms with van der Waals surface area (Å²) in [5, 5.41) is 7.37. The third kappa shape index (κ3) is 4.52. The van der Waals surface area contributed by atoms with Gasteiger partial charge in [0.15, 0.2) is 5.96 Å². The molecule has 1 aromatic carbocycles. The fourth-order valence-electron chi connectivity index (χ4n) is 6.47. The number of rotatable bonds is 5. The van der Waals surface area contributed by atoms with Crippen molar-refractivity contribution in [2.75, 3.05) is 46.5 Å². The lowest BCUT2D eigenvalue weighted by atomic mass is 9.54. The number of nitrogens with one attached hydrogen (secondary N) is 2. The molecule has 178 valence electrons. The quantitative estimate of drug-likeness (QED) is 0.330. The van der Waals surface area contributed by atoms with Gasteiger partial charge in [0.05, 0.1) is 25.4 Å². The number of nitrogens with zero attached hydrogens (tertiary/aromatic N) is 2. The van der Waals surface area contributed by atoms with E-state index in [1.807, 2.05) is 19.2 Å². The van der Waals surface area contributed by atoms with Crippen LogP contribution in [-0.4, -0.2) is 69.5 Å². The molecule has 6 nitrogen and oxygen atoms in total. The van der Waals surface area contributed by atoms with Crippen molar-refractivity contribution < 1.29 is 13.9 Å². The Labute approximate surface area is 207 Å². The number of ether oxygens (including phenoxy) is 2. The molecule has 2 N–H and O–H groups in total. The highest BCUT2D eigenvalue weighted by molar-refractivity contribution is 14.0. The fraction of sp³-hybridized carbons (Fsp3) is 0.708. The Morgan fingerprint density at radius 1 is 1.19 bits per heavy atom. The van der Waals surface area contributed by atoms with Gasteiger partial charge in [-0.05, 0) is 37.0 Å². The monoisotopic (exact) mass is 558 g/mol. The van der Waals surface area contributed by atoms with Gasteiger partial charge < -0.3 is 20.1 Å². The topological polar surface area (TPSA) is 58.1 Å². The third-order valence-corrected chi connectivity index (χ3v) is 8.01. The molecule has 2 saturated heterocycles. The first-order valence-corrected chi connectivity index (χ1v) is 11.9. The summed E-state index contributed by atoms with van der Waals surface area (Å²) >= 11 is 0. The van der Waals surface area contributed by atoms with Crippen LogP contribution in [0.3, 0.4) is 0 Å². The molecule has 4 aliphatic rings. The first-order chi connectivity index (χ1) is 15.2. The number of fused-ring (bicyclic) bond motifs is 2. The summed E-state index contributed by atoms with van der Waals surface area (Å²) < 4.78 is 25.2. The molecule has 2 heterocycles. The Kier molecular flexibility index (Phi) is 7.95. The van der Waals surface area contributed by atoms with Gasteiger partial charge in [-0.15, -0.1) is 24.0 Å². The highest BCUT2D eigenvalue weighted by atomic mass is 127. The van der Waals surface area contributed by atoms with Crippen molar-refractivity contribution in [3.8, 4) is 0 Å². The normalized spacial score (nSPS) is 30.3. The molecule has 0 bridgehead atoms. The number of halogens is 2. The van der Waals surface area contributed by atoms with E-state index in [0.29, 0.717) is 23.5 Å². The standard InChI is InChI=1S/C24H35FN4O2.HI/c1-26-23(28-21-19-8-13-31-22(19)24(21)9-2-3-10-24)27-16-20(29-11-14-30-15-12-29)17-4-6-18(25)7-5-17;/h4-7,19-22H,2-3,8-16H2,1H3,(H2,26,27,28);1H. The maximum Gasteiger partial charge on any atom is 0.191 e. The van der Waals surface area contributed by atoms with Crippen molar-refractivity contribution in [2.45, 2.75) is 50.3 Å². The van der Waals surface area contributed by atoms with Crippen LogP contribution in [0.1, 0.15) is 43.7 Å². The minimum Gasteiger partial charge on any atom is -0.379 e. The molecule has 1 spiro atoms. The predicted octanol–water partition coefficient (Wildman–Crippen LogP) is 3.33. The summed E-state index contributed by atoms with van der Waals surface area (Å²) in [7, 11) is 1.85. The molecule has 5 rings (SSSR count). The van der Waals surface area contributed by atoms with E-state index in [4.69, 9.17) is 9.47 Å². The molecule has 4 atom stereocenters. The molecule has 4 fully saturated rings. The largest absolute Gasteiger partial charge is 0.379 e. The Morgan fingerprint density at radius 2 is 1.91 bits per heavy atom. The van der Waals surface area contributed by atoms with Crippen molar-refractivity contribution in [2.24, 2.45) is 16.3 Å². The molecule has 1 aromatic rings. The molecule has 4 unspecified atom stereocenters. The summed E-state index contributed by atoms with van der Waals surface area (Å²) in [6, 6.07) is 7.48. The lowest BCUT2D eigenvalue weighted by Gasteiger charge is -2.57. The molecule has 0 aromatic heterocycles. The van der Waals surface area contributed by atoms with Crippen molar-refractivity contribution >= 4 is 29.9 Å². The Hall–Kier alpha value is -0.970. The second-order valence-corrected chi connectivity index (χ2v) is 9.48. The molecule has 8 heteroatoms. The zero-order valence-corrected chi connectivity index (χ0v) is 21.2. The van der Waals surface area contributed by atoms with Crippen molar-refractivity contribution in [3.05, 3.63) is 35.6 Å². The number of guanidine groups is 1. The Balaban J connectivity index is 0.00000245. The third-order valence-electron chi connectivity index (χ3n) is 8.01. The van der Waals surface area contributed by atoms with Crippen LogP contribution in [0.4, 0.5) is 4.39 Å². The smallest absolute Gasteiger partial charge is 0.191 e. The lowest BCUT2D eigenvalue weighted by Crippen LogP contribution is -2.69. The summed E-state index contributed by atoms with van der Waals surface area (Å²) in [6.07, 6.45) is 6.71. The van der Waals surface area contributed by atoms with Crippen LogP contribution >= 0.6 is 24.0 Å². The van der Waals surface area contributed by atoms with Crippen LogP contribution in [0.5, 0.6) is 0 Å². The zero-order chi connectivity index (χ0) is 21.3. The highest BCUT2D eigenvalue weighted by Gasteiger charge is 2.65. The minimum absolute atomic E-state index is 0. The van der Waals surface area contributed by atoms with Gasteiger partial charge in [0, 0.05) is 50.7 Å². The average Bonchev–Trinajstić information content (AvgIpc) is 3.47. The first kappa shape index (κ1) is 24.2. The molecular weight excluding hydrogens is 522 g/mol. The van der Waals surface area contributed by atoms with Gasteiger partial charge in [-0.3, -0.25) is 9.89 Å². The number of hydrogen-bond acceptors (Lipinski definition) is 4. The van der Waals surface area contributed by atoms with Gasteiger partial charge in [0.25, 0.3) is 0 Å². The summed E-state index contributed by atoms with van der Waals surface area (Å²) in [4.78, 5) is 6.97. The lowest BCUT2D eigenvalue weighted by molar-refractivity contribution is -0.125. The average molecular weight is 558 g/mol. The second kappa shape index (κ2) is 10.5. The Bertz CT molecular complexity index is 781. The Morgan fingerprint density at radius 3 is 2.59 bits per heavy atom. The molecule has 0 radical (unpaired) electrons. The first-order valence-electron chi connectivity index (χ1n) is 11.9. The van der Waals surface area contributed by atoms with Crippen LogP contribution in [0.2, 0.25) is 0 Å². The van der Waals surface area contributed by atoms with E-state index in [1.165, 1.54) is 25.7 Å². The van der Waals surface area contributed by atoms with Crippen molar-refractivity contribution in [1.82, 2.24) is 15.5 Å². The number of morpholine rings is 1. The molecule has 32 heavy (non-hydrogen) atoms. The summed E-state index contributed by atoms with van der Waals surface area (Å²) in [6.45, 7) is 4.84. The molecule has 2 aliphatic heterocycles. The fourth-order valence-corrected chi connectivity index (χ4v) is 6.47. The van der Waals surface area contributed by atoms with E-state index in [-0.39, 0.29) is 35.8 Å². The van der Waals surface area contributed by atoms with Gasteiger partial charge in [-0.25, -0.2) is 4.39 Å². The number of benzene rings is 1. The van der Waals surface area contributed by atoms with E-state index in [1.54, 1.807) is 12.1 Å². The van der Waals surface area contributed by atoms with Gasteiger partial charge >= 0.3 is 0 Å². The van der Waals surface area contributed by atoms with Crippen molar-refractivity contribution in [1.29, 1.82) is 0 Å². The van der Waals surface area contributed by atoms with E-state index in [2.05, 4.69) is 20.5 Å². The van der Waals surface area contributed by atoms with Gasteiger partial charge in [0.1, 0.15) is 5.82 Å². The van der Waals surface area contributed by atoms with Gasteiger partial charge in [-0.2, -0.15) is 0 Å². The molecule has 2 aliphatic carbocycles. The zero-order valence-electron chi connectivity index (χ0n) is 18.9. The molecule has 0 amide bonds. The van der Waals surface area contributed by atoms with Crippen molar-refractivity contribution in [3.63, 3.8) is 0 Å². The molecular formula is C24H36FIN4O2. The van der Waals surface area contributed by atoms with Crippen LogP contribution in [0.25, 0.3) is 0 Å². The van der Waals surface area contributed by atoms with E-state index in [0.717, 1.165) is 57.4 Å². The van der Waals surface area contributed by atoms with Crippen LogP contribution in [0.15, 0.2) is 29.3 Å². The SMILES string of the molecule is CN=C(NCC(c1ccc(F)cc1)N1CCOCC1)NC1C2CCOC2C12CCCC2.I. The molecule has 2 saturated carbocycles. The second-order valence-electron chi connectivity index (χ2n) is 9.48.